The third-order valence-corrected chi connectivity index (χ3v) is 4.43. The van der Waals surface area contributed by atoms with Crippen molar-refractivity contribution in [2.45, 2.75) is 31.6 Å². The predicted molar refractivity (Wildman–Crippen MR) is 72.4 cm³/mol. The first-order valence-electron chi connectivity index (χ1n) is 5.78. The molecule has 1 atom stereocenters. The molecule has 102 valence electrons. The fraction of sp³-hybridized carbons (Fsp3) is 0.500. The van der Waals surface area contributed by atoms with E-state index >= 15 is 0 Å². The topological polar surface area (TPSA) is 92.4 Å². The highest BCUT2D eigenvalue weighted by molar-refractivity contribution is 7.88. The van der Waals surface area contributed by atoms with Gasteiger partial charge in [-0.15, -0.1) is 0 Å². The number of para-hydroxylation sites is 1. The monoisotopic (exact) mass is 272 g/mol. The Balaban J connectivity index is 2.87. The van der Waals surface area contributed by atoms with Gasteiger partial charge in [0.25, 0.3) is 0 Å². The van der Waals surface area contributed by atoms with Crippen molar-refractivity contribution < 1.29 is 13.5 Å². The number of aliphatic hydroxyl groups excluding tert-OH is 1. The Morgan fingerprint density at radius 3 is 2.50 bits per heavy atom. The van der Waals surface area contributed by atoms with Crippen LogP contribution in [-0.4, -0.2) is 25.7 Å². The van der Waals surface area contributed by atoms with Gasteiger partial charge in [0.2, 0.25) is 10.0 Å². The summed E-state index contributed by atoms with van der Waals surface area (Å²) in [6.07, 6.45) is 0.507. The summed E-state index contributed by atoms with van der Waals surface area (Å²) in [5, 5.41) is 9.22. The van der Waals surface area contributed by atoms with Gasteiger partial charge in [0.15, 0.2) is 0 Å². The number of nitrogens with two attached hydrogens (primary N) is 1. The van der Waals surface area contributed by atoms with Gasteiger partial charge in [0, 0.05) is 5.69 Å². The van der Waals surface area contributed by atoms with Crippen molar-refractivity contribution in [3.05, 3.63) is 29.8 Å². The highest BCUT2D eigenvalue weighted by Gasteiger charge is 2.27. The number of hydrogen-bond acceptors (Lipinski definition) is 4. The second-order valence-corrected chi connectivity index (χ2v) is 6.35. The maximum absolute atomic E-state index is 12.0. The Morgan fingerprint density at radius 1 is 1.39 bits per heavy atom. The molecule has 1 rings (SSSR count). The normalized spacial score (nSPS) is 15.3. The summed E-state index contributed by atoms with van der Waals surface area (Å²) >= 11 is 0. The second-order valence-electron chi connectivity index (χ2n) is 4.63. The van der Waals surface area contributed by atoms with Crippen molar-refractivity contribution in [3.63, 3.8) is 0 Å². The van der Waals surface area contributed by atoms with Crippen LogP contribution in [0.2, 0.25) is 0 Å². The zero-order chi connectivity index (χ0) is 13.8. The molecule has 18 heavy (non-hydrogen) atoms. The summed E-state index contributed by atoms with van der Waals surface area (Å²) in [6.45, 7) is 3.24. The molecule has 0 heterocycles. The number of nitrogens with one attached hydrogen (secondary N) is 1. The molecule has 0 aliphatic rings. The van der Waals surface area contributed by atoms with Crippen LogP contribution in [0.4, 0.5) is 5.69 Å². The van der Waals surface area contributed by atoms with E-state index in [-0.39, 0.29) is 12.4 Å². The summed E-state index contributed by atoms with van der Waals surface area (Å²) in [6, 6.07) is 6.84. The minimum Gasteiger partial charge on any atom is -0.398 e. The summed E-state index contributed by atoms with van der Waals surface area (Å²) in [5.74, 6) is -0.185. The number of rotatable bonds is 6. The molecule has 0 spiro atoms. The molecule has 0 aromatic heterocycles. The van der Waals surface area contributed by atoms with E-state index in [0.29, 0.717) is 17.7 Å². The van der Waals surface area contributed by atoms with Crippen LogP contribution in [0.15, 0.2) is 24.3 Å². The van der Waals surface area contributed by atoms with E-state index in [1.165, 1.54) is 0 Å². The first-order chi connectivity index (χ1) is 8.32. The average molecular weight is 272 g/mol. The molecule has 1 aromatic rings. The van der Waals surface area contributed by atoms with Crippen molar-refractivity contribution in [3.8, 4) is 0 Å². The van der Waals surface area contributed by atoms with Crippen molar-refractivity contribution in [2.24, 2.45) is 0 Å². The first kappa shape index (κ1) is 14.9. The third-order valence-electron chi connectivity index (χ3n) is 2.93. The van der Waals surface area contributed by atoms with Gasteiger partial charge in [0.05, 0.1) is 17.9 Å². The molecule has 6 heteroatoms. The highest BCUT2D eigenvalue weighted by atomic mass is 32.2. The minimum absolute atomic E-state index is 0.185. The largest absolute Gasteiger partial charge is 0.398 e. The Labute approximate surface area is 108 Å². The summed E-state index contributed by atoms with van der Waals surface area (Å²) in [7, 11) is -3.53. The maximum atomic E-state index is 12.0. The van der Waals surface area contributed by atoms with E-state index in [1.54, 1.807) is 31.2 Å². The zero-order valence-corrected chi connectivity index (χ0v) is 11.5. The Bertz CT molecular complexity index is 496. The lowest BCUT2D eigenvalue weighted by atomic mass is 10.0. The quantitative estimate of drug-likeness (QED) is 0.669. The molecule has 5 nitrogen and oxygen atoms in total. The van der Waals surface area contributed by atoms with Crippen molar-refractivity contribution >= 4 is 15.7 Å². The fourth-order valence-electron chi connectivity index (χ4n) is 1.50. The maximum Gasteiger partial charge on any atom is 0.216 e. The predicted octanol–water partition coefficient (Wildman–Crippen LogP) is 0.849. The van der Waals surface area contributed by atoms with Crippen LogP contribution in [0.3, 0.4) is 0 Å². The van der Waals surface area contributed by atoms with Gasteiger partial charge in [-0.1, -0.05) is 25.1 Å². The molecule has 0 radical (unpaired) electrons. The van der Waals surface area contributed by atoms with Crippen LogP contribution >= 0.6 is 0 Å². The van der Waals surface area contributed by atoms with Gasteiger partial charge in [0.1, 0.15) is 0 Å². The van der Waals surface area contributed by atoms with E-state index in [4.69, 9.17) is 5.73 Å². The van der Waals surface area contributed by atoms with Crippen LogP contribution < -0.4 is 10.5 Å². The lowest BCUT2D eigenvalue weighted by Crippen LogP contribution is -2.48. The summed E-state index contributed by atoms with van der Waals surface area (Å²) in [5.41, 5.74) is 5.89. The van der Waals surface area contributed by atoms with Crippen molar-refractivity contribution in [1.29, 1.82) is 0 Å². The lowest BCUT2D eigenvalue weighted by molar-refractivity contribution is 0.191. The molecule has 0 fully saturated rings. The van der Waals surface area contributed by atoms with Gasteiger partial charge in [-0.25, -0.2) is 13.1 Å². The van der Waals surface area contributed by atoms with Gasteiger partial charge in [-0.05, 0) is 25.0 Å². The molecule has 1 unspecified atom stereocenters. The second kappa shape index (κ2) is 5.69. The standard InChI is InChI=1S/C12H20N2O3S/c1-3-12(2,9-15)14-18(16,17)8-10-6-4-5-7-11(10)13/h4-7,14-15H,3,8-9,13H2,1-2H3. The third kappa shape index (κ3) is 3.97. The SMILES string of the molecule is CCC(C)(CO)NS(=O)(=O)Cc1ccccc1N. The Kier molecular flexibility index (Phi) is 4.72. The van der Waals surface area contributed by atoms with Gasteiger partial charge in [-0.3, -0.25) is 0 Å². The van der Waals surface area contributed by atoms with Crippen LogP contribution in [0.5, 0.6) is 0 Å². The van der Waals surface area contributed by atoms with E-state index in [0.717, 1.165) is 0 Å². The number of aliphatic hydroxyl groups is 1. The molecular formula is C12H20N2O3S. The molecule has 0 aliphatic carbocycles. The van der Waals surface area contributed by atoms with E-state index < -0.39 is 15.6 Å². The highest BCUT2D eigenvalue weighted by Crippen LogP contribution is 2.16. The molecule has 4 N–H and O–H groups in total. The molecule has 0 saturated carbocycles. The smallest absolute Gasteiger partial charge is 0.216 e. The molecular weight excluding hydrogens is 252 g/mol. The number of anilines is 1. The van der Waals surface area contributed by atoms with Crippen molar-refractivity contribution in [1.82, 2.24) is 4.72 Å². The van der Waals surface area contributed by atoms with Crippen LogP contribution in [0.1, 0.15) is 25.8 Å². The number of nitrogen functional groups attached to an aromatic ring is 1. The van der Waals surface area contributed by atoms with Crippen LogP contribution in [-0.2, 0) is 15.8 Å². The molecule has 0 bridgehead atoms. The Morgan fingerprint density at radius 2 is 2.00 bits per heavy atom. The Hall–Kier alpha value is -1.11. The van der Waals surface area contributed by atoms with Crippen LogP contribution in [0.25, 0.3) is 0 Å². The lowest BCUT2D eigenvalue weighted by Gasteiger charge is -2.26. The molecule has 1 aromatic carbocycles. The van der Waals surface area contributed by atoms with E-state index in [9.17, 15) is 13.5 Å². The van der Waals surface area contributed by atoms with Crippen molar-refractivity contribution in [2.75, 3.05) is 12.3 Å². The number of sulfonamides is 1. The van der Waals surface area contributed by atoms with Crippen LogP contribution in [0, 0.1) is 0 Å². The first-order valence-corrected chi connectivity index (χ1v) is 7.43. The molecule has 0 saturated heterocycles. The zero-order valence-electron chi connectivity index (χ0n) is 10.7. The van der Waals surface area contributed by atoms with Gasteiger partial charge < -0.3 is 10.8 Å². The number of benzene rings is 1. The van der Waals surface area contributed by atoms with Gasteiger partial charge in [-0.2, -0.15) is 0 Å². The molecule has 0 aliphatic heterocycles. The fourth-order valence-corrected chi connectivity index (χ4v) is 3.20. The summed E-state index contributed by atoms with van der Waals surface area (Å²) < 4.78 is 26.5. The van der Waals surface area contributed by atoms with E-state index in [1.807, 2.05) is 6.92 Å². The average Bonchev–Trinajstić information content (AvgIpc) is 2.31. The van der Waals surface area contributed by atoms with E-state index in [2.05, 4.69) is 4.72 Å². The van der Waals surface area contributed by atoms with Gasteiger partial charge >= 0.3 is 0 Å². The number of hydrogen-bond donors (Lipinski definition) is 3. The summed E-state index contributed by atoms with van der Waals surface area (Å²) in [4.78, 5) is 0. The minimum atomic E-state index is -3.53. The molecule has 0 amide bonds.